The smallest absolute Gasteiger partial charge is 0.341 e. The number of hydrogen-bond donors (Lipinski definition) is 2. The van der Waals surface area contributed by atoms with Crippen molar-refractivity contribution in [3.63, 3.8) is 0 Å². The number of carbonyl (C=O) groups is 1. The van der Waals surface area contributed by atoms with Crippen molar-refractivity contribution in [3.8, 4) is 5.75 Å². The van der Waals surface area contributed by atoms with Crippen molar-refractivity contribution >= 4 is 27.2 Å². The first-order valence-electron chi connectivity index (χ1n) is 7.50. The summed E-state index contributed by atoms with van der Waals surface area (Å²) in [5.41, 5.74) is 2.52. The summed E-state index contributed by atoms with van der Waals surface area (Å²) in [5.74, 6) is -3.43. The molecule has 140 valence electrons. The van der Waals surface area contributed by atoms with Gasteiger partial charge in [0.15, 0.2) is 0 Å². The summed E-state index contributed by atoms with van der Waals surface area (Å²) in [5, 5.41) is 5.00. The number of aryl methyl sites for hydroxylation is 2. The number of rotatable bonds is 5. The standard InChI is InChI=1S/C17H18F2N2O4S/c1-10-4-5-12(8-11(10)2)20-17(22)21-14-9-13(6-7-15(14)25-3)26(23,24)16(18)19/h4-9,16H,1-3H3,(H2,20,21,22). The van der Waals surface area contributed by atoms with Gasteiger partial charge >= 0.3 is 11.8 Å². The second-order valence-corrected chi connectivity index (χ2v) is 7.46. The minimum atomic E-state index is -4.79. The van der Waals surface area contributed by atoms with E-state index in [4.69, 9.17) is 4.74 Å². The molecule has 0 fully saturated rings. The lowest BCUT2D eigenvalue weighted by atomic mass is 10.1. The van der Waals surface area contributed by atoms with Crippen molar-refractivity contribution in [2.45, 2.75) is 24.5 Å². The van der Waals surface area contributed by atoms with Crippen LogP contribution in [0.25, 0.3) is 0 Å². The van der Waals surface area contributed by atoms with Crippen molar-refractivity contribution in [2.24, 2.45) is 0 Å². The average Bonchev–Trinajstić information content (AvgIpc) is 2.57. The van der Waals surface area contributed by atoms with E-state index in [1.807, 2.05) is 19.9 Å². The molecular formula is C17H18F2N2O4S. The van der Waals surface area contributed by atoms with E-state index >= 15 is 0 Å². The van der Waals surface area contributed by atoms with Crippen LogP contribution < -0.4 is 15.4 Å². The van der Waals surface area contributed by atoms with Gasteiger partial charge in [-0.15, -0.1) is 0 Å². The summed E-state index contributed by atoms with van der Waals surface area (Å²) in [4.78, 5) is 11.5. The van der Waals surface area contributed by atoms with Crippen LogP contribution in [0.3, 0.4) is 0 Å². The number of methoxy groups -OCH3 is 1. The Morgan fingerprint density at radius 3 is 2.31 bits per heavy atom. The molecule has 2 aromatic carbocycles. The third kappa shape index (κ3) is 4.29. The normalized spacial score (nSPS) is 11.3. The number of nitrogens with one attached hydrogen (secondary N) is 2. The predicted molar refractivity (Wildman–Crippen MR) is 94.7 cm³/mol. The fourth-order valence-corrected chi connectivity index (χ4v) is 2.91. The van der Waals surface area contributed by atoms with Gasteiger partial charge in [-0.25, -0.2) is 13.2 Å². The van der Waals surface area contributed by atoms with E-state index in [9.17, 15) is 22.0 Å². The molecule has 0 atom stereocenters. The Labute approximate surface area is 150 Å². The van der Waals surface area contributed by atoms with Gasteiger partial charge < -0.3 is 15.4 Å². The first kappa shape index (κ1) is 19.6. The maximum atomic E-state index is 12.7. The first-order valence-corrected chi connectivity index (χ1v) is 9.05. The summed E-state index contributed by atoms with van der Waals surface area (Å²) in [6, 6.07) is 7.76. The molecular weight excluding hydrogens is 366 g/mol. The topological polar surface area (TPSA) is 84.5 Å². The van der Waals surface area contributed by atoms with E-state index in [1.165, 1.54) is 13.2 Å². The molecule has 0 saturated heterocycles. The summed E-state index contributed by atoms with van der Waals surface area (Å²) in [6.45, 7) is 3.82. The number of benzene rings is 2. The predicted octanol–water partition coefficient (Wildman–Crippen LogP) is 3.95. The summed E-state index contributed by atoms with van der Waals surface area (Å²) < 4.78 is 53.7. The minimum absolute atomic E-state index is 0.0458. The Hall–Kier alpha value is -2.68. The molecule has 26 heavy (non-hydrogen) atoms. The Balaban J connectivity index is 2.26. The van der Waals surface area contributed by atoms with E-state index in [0.29, 0.717) is 5.69 Å². The van der Waals surface area contributed by atoms with Crippen LogP contribution in [0.15, 0.2) is 41.3 Å². The van der Waals surface area contributed by atoms with Gasteiger partial charge in [-0.2, -0.15) is 8.78 Å². The number of alkyl halides is 2. The number of amides is 2. The molecule has 0 heterocycles. The molecule has 0 radical (unpaired) electrons. The molecule has 6 nitrogen and oxygen atoms in total. The Kier molecular flexibility index (Phi) is 5.81. The van der Waals surface area contributed by atoms with Crippen LogP contribution in [-0.2, 0) is 9.84 Å². The Morgan fingerprint density at radius 1 is 1.04 bits per heavy atom. The lowest BCUT2D eigenvalue weighted by molar-refractivity contribution is 0.234. The van der Waals surface area contributed by atoms with Crippen LogP contribution in [0.5, 0.6) is 5.75 Å². The van der Waals surface area contributed by atoms with E-state index in [0.717, 1.165) is 23.3 Å². The molecule has 0 saturated carbocycles. The number of hydrogen-bond acceptors (Lipinski definition) is 4. The van der Waals surface area contributed by atoms with Gasteiger partial charge in [0, 0.05) is 5.69 Å². The fraction of sp³-hybridized carbons (Fsp3) is 0.235. The third-order valence-corrected chi connectivity index (χ3v) is 5.13. The molecule has 2 N–H and O–H groups in total. The van der Waals surface area contributed by atoms with Crippen molar-refractivity contribution < 1.29 is 26.7 Å². The number of urea groups is 1. The van der Waals surface area contributed by atoms with Gasteiger partial charge in [0.05, 0.1) is 17.7 Å². The molecule has 2 amide bonds. The second-order valence-electron chi connectivity index (χ2n) is 5.55. The van der Waals surface area contributed by atoms with E-state index < -0.39 is 26.5 Å². The molecule has 0 aliphatic heterocycles. The summed E-state index contributed by atoms with van der Waals surface area (Å²) >= 11 is 0. The third-order valence-electron chi connectivity index (χ3n) is 3.75. The van der Waals surface area contributed by atoms with Crippen LogP contribution in [0.2, 0.25) is 0 Å². The van der Waals surface area contributed by atoms with Crippen molar-refractivity contribution in [2.75, 3.05) is 17.7 Å². The second kappa shape index (κ2) is 7.69. The van der Waals surface area contributed by atoms with Crippen LogP contribution in [0.1, 0.15) is 11.1 Å². The fourth-order valence-electron chi connectivity index (χ4n) is 2.17. The molecule has 0 unspecified atom stereocenters. The number of anilines is 2. The molecule has 2 rings (SSSR count). The van der Waals surface area contributed by atoms with Gasteiger partial charge in [-0.1, -0.05) is 6.07 Å². The number of halogens is 2. The summed E-state index contributed by atoms with van der Waals surface area (Å²) in [6.07, 6.45) is 0. The van der Waals surface area contributed by atoms with E-state index in [1.54, 1.807) is 12.1 Å². The maximum Gasteiger partial charge on any atom is 0.341 e. The van der Waals surface area contributed by atoms with Crippen molar-refractivity contribution in [1.29, 1.82) is 0 Å². The van der Waals surface area contributed by atoms with Crippen LogP contribution in [0.4, 0.5) is 25.0 Å². The number of ether oxygens (including phenoxy) is 1. The van der Waals surface area contributed by atoms with Crippen molar-refractivity contribution in [1.82, 2.24) is 0 Å². The highest BCUT2D eigenvalue weighted by molar-refractivity contribution is 7.91. The highest BCUT2D eigenvalue weighted by atomic mass is 32.2. The molecule has 2 aromatic rings. The largest absolute Gasteiger partial charge is 0.495 e. The SMILES string of the molecule is COc1ccc(S(=O)(=O)C(F)F)cc1NC(=O)Nc1ccc(C)c(C)c1. The molecule has 9 heteroatoms. The average molecular weight is 384 g/mol. The zero-order valence-corrected chi connectivity index (χ0v) is 15.2. The molecule has 0 bridgehead atoms. The monoisotopic (exact) mass is 384 g/mol. The molecule has 0 aliphatic rings. The van der Waals surface area contributed by atoms with Gasteiger partial charge in [0.2, 0.25) is 9.84 Å². The van der Waals surface area contributed by atoms with Crippen LogP contribution >= 0.6 is 0 Å². The highest BCUT2D eigenvalue weighted by Crippen LogP contribution is 2.30. The molecule has 0 aromatic heterocycles. The molecule has 0 aliphatic carbocycles. The minimum Gasteiger partial charge on any atom is -0.495 e. The number of sulfone groups is 1. The Bertz CT molecular complexity index is 930. The van der Waals surface area contributed by atoms with Gasteiger partial charge in [-0.05, 0) is 55.3 Å². The zero-order chi connectivity index (χ0) is 19.5. The van der Waals surface area contributed by atoms with Crippen LogP contribution in [-0.4, -0.2) is 27.3 Å². The lowest BCUT2D eigenvalue weighted by Crippen LogP contribution is -2.20. The first-order chi connectivity index (χ1) is 12.1. The lowest BCUT2D eigenvalue weighted by Gasteiger charge is -2.13. The van der Waals surface area contributed by atoms with E-state index in [-0.39, 0.29) is 11.4 Å². The quantitative estimate of drug-likeness (QED) is 0.817. The summed E-state index contributed by atoms with van der Waals surface area (Å²) in [7, 11) is -3.48. The highest BCUT2D eigenvalue weighted by Gasteiger charge is 2.27. The number of carbonyl (C=O) groups excluding carboxylic acids is 1. The van der Waals surface area contributed by atoms with Gasteiger partial charge in [-0.3, -0.25) is 0 Å². The van der Waals surface area contributed by atoms with Crippen LogP contribution in [0, 0.1) is 13.8 Å². The van der Waals surface area contributed by atoms with Crippen molar-refractivity contribution in [3.05, 3.63) is 47.5 Å². The Morgan fingerprint density at radius 2 is 1.73 bits per heavy atom. The van der Waals surface area contributed by atoms with Gasteiger partial charge in [0.1, 0.15) is 5.75 Å². The van der Waals surface area contributed by atoms with Gasteiger partial charge in [0.25, 0.3) is 0 Å². The van der Waals surface area contributed by atoms with E-state index in [2.05, 4.69) is 10.6 Å². The maximum absolute atomic E-state index is 12.7. The zero-order valence-electron chi connectivity index (χ0n) is 14.3. The molecule has 0 spiro atoms.